The Hall–Kier alpha value is -1.26. The van der Waals surface area contributed by atoms with Gasteiger partial charge in [-0.3, -0.25) is 9.47 Å². The minimum Gasteiger partial charge on any atom is -0.408 e. The Morgan fingerprint density at radius 2 is 2.24 bits per heavy atom. The molecule has 0 fully saturated rings. The highest BCUT2D eigenvalue weighted by molar-refractivity contribution is 6.17. The van der Waals surface area contributed by atoms with Gasteiger partial charge in [0.15, 0.2) is 5.58 Å². The monoisotopic (exact) mass is 254 g/mol. The van der Waals surface area contributed by atoms with Gasteiger partial charge in [0.2, 0.25) is 0 Å². The molecule has 0 N–H and O–H groups in total. The molecule has 0 amide bonds. The summed E-state index contributed by atoms with van der Waals surface area (Å²) in [6.45, 7) is 0.881. The maximum Gasteiger partial charge on any atom is 0.419 e. The maximum absolute atomic E-state index is 11.3. The van der Waals surface area contributed by atoms with E-state index < -0.39 is 0 Å². The van der Waals surface area contributed by atoms with Crippen molar-refractivity contribution < 1.29 is 4.42 Å². The van der Waals surface area contributed by atoms with Crippen molar-refractivity contribution in [3.05, 3.63) is 34.3 Å². The second kappa shape index (κ2) is 4.94. The van der Waals surface area contributed by atoms with E-state index in [1.807, 2.05) is 30.1 Å². The van der Waals surface area contributed by atoms with Crippen LogP contribution in [-0.2, 0) is 13.5 Å². The van der Waals surface area contributed by atoms with Crippen LogP contribution in [0.15, 0.2) is 27.4 Å². The van der Waals surface area contributed by atoms with Gasteiger partial charge in [-0.2, -0.15) is 0 Å². The lowest BCUT2D eigenvalue weighted by atomic mass is 10.1. The molecule has 0 atom stereocenters. The molecule has 0 aliphatic rings. The van der Waals surface area contributed by atoms with Gasteiger partial charge in [-0.05, 0) is 31.2 Å². The third kappa shape index (κ3) is 2.53. The van der Waals surface area contributed by atoms with Crippen LogP contribution in [0.1, 0.15) is 5.56 Å². The summed E-state index contributed by atoms with van der Waals surface area (Å²) in [4.78, 5) is 13.4. The van der Waals surface area contributed by atoms with E-state index in [4.69, 9.17) is 16.0 Å². The first kappa shape index (κ1) is 12.2. The average Bonchev–Trinajstić information content (AvgIpc) is 2.62. The summed E-state index contributed by atoms with van der Waals surface area (Å²) in [6.07, 6.45) is 0.887. The van der Waals surface area contributed by atoms with Crippen LogP contribution in [0.4, 0.5) is 0 Å². The van der Waals surface area contributed by atoms with Crippen LogP contribution in [0.3, 0.4) is 0 Å². The number of aryl methyl sites for hydroxylation is 1. The van der Waals surface area contributed by atoms with Gasteiger partial charge >= 0.3 is 5.76 Å². The molecule has 0 unspecified atom stereocenters. The van der Waals surface area contributed by atoms with Gasteiger partial charge in [0.25, 0.3) is 0 Å². The molecule has 0 spiro atoms. The molecular formula is C12H15ClN2O2. The molecular weight excluding hydrogens is 240 g/mol. The zero-order valence-corrected chi connectivity index (χ0v) is 10.7. The summed E-state index contributed by atoms with van der Waals surface area (Å²) in [6, 6.07) is 6.36. The predicted molar refractivity (Wildman–Crippen MR) is 68.5 cm³/mol. The van der Waals surface area contributed by atoms with Gasteiger partial charge < -0.3 is 4.42 Å². The van der Waals surface area contributed by atoms with Crippen molar-refractivity contribution in [3.8, 4) is 0 Å². The Balaban J connectivity index is 2.23. The average molecular weight is 255 g/mol. The third-order valence-corrected chi connectivity index (χ3v) is 3.25. The molecule has 1 heterocycles. The normalized spacial score (nSPS) is 11.5. The summed E-state index contributed by atoms with van der Waals surface area (Å²) in [5, 5.41) is 0. The van der Waals surface area contributed by atoms with E-state index in [-0.39, 0.29) is 5.76 Å². The van der Waals surface area contributed by atoms with Crippen LogP contribution >= 0.6 is 11.6 Å². The number of nitrogens with zero attached hydrogens (tertiary/aromatic N) is 2. The molecule has 2 rings (SSSR count). The van der Waals surface area contributed by atoms with E-state index in [9.17, 15) is 4.79 Å². The van der Waals surface area contributed by atoms with E-state index in [0.29, 0.717) is 11.6 Å². The summed E-state index contributed by atoms with van der Waals surface area (Å²) in [7, 11) is 3.67. The smallest absolute Gasteiger partial charge is 0.408 e. The zero-order chi connectivity index (χ0) is 12.4. The molecule has 17 heavy (non-hydrogen) atoms. The molecule has 4 nitrogen and oxygen atoms in total. The number of hydrogen-bond acceptors (Lipinski definition) is 3. The second-order valence-electron chi connectivity index (χ2n) is 4.18. The molecule has 2 aromatic rings. The van der Waals surface area contributed by atoms with E-state index in [2.05, 4.69) is 0 Å². The van der Waals surface area contributed by atoms with Gasteiger partial charge in [-0.15, -0.1) is 11.6 Å². The highest BCUT2D eigenvalue weighted by atomic mass is 35.5. The fourth-order valence-corrected chi connectivity index (χ4v) is 1.83. The van der Waals surface area contributed by atoms with Crippen LogP contribution in [0.25, 0.3) is 11.1 Å². The van der Waals surface area contributed by atoms with Crippen molar-refractivity contribution in [1.82, 2.24) is 9.47 Å². The Morgan fingerprint density at radius 3 is 2.94 bits per heavy atom. The number of aromatic nitrogens is 1. The number of alkyl halides is 1. The SMILES string of the molecule is CN(CCl)CCc1ccc2c(c1)oc(=O)n2C. The van der Waals surface area contributed by atoms with Crippen LogP contribution < -0.4 is 5.76 Å². The van der Waals surface area contributed by atoms with Gasteiger partial charge in [0.1, 0.15) is 0 Å². The standard InChI is InChI=1S/C12H15ClN2O2/c1-14(8-13)6-5-9-3-4-10-11(7-9)17-12(16)15(10)2/h3-4,7H,5-6,8H2,1-2H3. The lowest BCUT2D eigenvalue weighted by molar-refractivity contribution is 0.394. The van der Waals surface area contributed by atoms with Crippen molar-refractivity contribution in [1.29, 1.82) is 0 Å². The van der Waals surface area contributed by atoms with Crippen LogP contribution in [0, 0.1) is 0 Å². The minimum atomic E-state index is -0.324. The molecule has 0 bridgehead atoms. The first-order valence-corrected chi connectivity index (χ1v) is 5.98. The Bertz CT molecular complexity index is 573. The highest BCUT2D eigenvalue weighted by Crippen LogP contribution is 2.14. The summed E-state index contributed by atoms with van der Waals surface area (Å²) < 4.78 is 6.64. The molecule has 1 aromatic heterocycles. The fourth-order valence-electron chi connectivity index (χ4n) is 1.71. The molecule has 92 valence electrons. The molecule has 1 aromatic carbocycles. The number of benzene rings is 1. The summed E-state index contributed by atoms with van der Waals surface area (Å²) >= 11 is 5.70. The zero-order valence-electron chi connectivity index (χ0n) is 9.94. The predicted octanol–water partition coefficient (Wildman–Crippen LogP) is 1.80. The number of hydrogen-bond donors (Lipinski definition) is 0. The molecule has 0 aliphatic heterocycles. The number of fused-ring (bicyclic) bond motifs is 1. The van der Waals surface area contributed by atoms with Gasteiger partial charge in [0.05, 0.1) is 11.5 Å². The van der Waals surface area contributed by atoms with E-state index in [0.717, 1.165) is 24.0 Å². The van der Waals surface area contributed by atoms with E-state index in [1.165, 1.54) is 4.57 Å². The van der Waals surface area contributed by atoms with Crippen molar-refractivity contribution in [2.75, 3.05) is 19.6 Å². The molecule has 0 saturated heterocycles. The number of rotatable bonds is 4. The Labute approximate surface area is 104 Å². The first-order chi connectivity index (χ1) is 8.11. The number of halogens is 1. The Morgan fingerprint density at radius 1 is 1.47 bits per heavy atom. The lowest BCUT2D eigenvalue weighted by Gasteiger charge is -2.11. The number of likely N-dealkylation sites (N-methyl/N-ethyl adjacent to an activating group) is 1. The quantitative estimate of drug-likeness (QED) is 0.617. The molecule has 0 radical (unpaired) electrons. The van der Waals surface area contributed by atoms with Crippen molar-refractivity contribution in [3.63, 3.8) is 0 Å². The van der Waals surface area contributed by atoms with Gasteiger partial charge in [-0.1, -0.05) is 6.07 Å². The first-order valence-electron chi connectivity index (χ1n) is 5.45. The van der Waals surface area contributed by atoms with Gasteiger partial charge in [-0.25, -0.2) is 4.79 Å². The molecule has 5 heteroatoms. The highest BCUT2D eigenvalue weighted by Gasteiger charge is 2.06. The van der Waals surface area contributed by atoms with E-state index in [1.54, 1.807) is 7.05 Å². The largest absolute Gasteiger partial charge is 0.419 e. The molecule has 0 saturated carbocycles. The molecule has 0 aliphatic carbocycles. The second-order valence-corrected chi connectivity index (χ2v) is 4.42. The third-order valence-electron chi connectivity index (χ3n) is 2.84. The lowest BCUT2D eigenvalue weighted by Crippen LogP contribution is -2.19. The van der Waals surface area contributed by atoms with Crippen LogP contribution in [-0.4, -0.2) is 29.1 Å². The van der Waals surface area contributed by atoms with Crippen molar-refractivity contribution in [2.24, 2.45) is 7.05 Å². The topological polar surface area (TPSA) is 38.4 Å². The van der Waals surface area contributed by atoms with E-state index >= 15 is 0 Å². The van der Waals surface area contributed by atoms with Crippen LogP contribution in [0.2, 0.25) is 0 Å². The fraction of sp³-hybridized carbons (Fsp3) is 0.417. The van der Waals surface area contributed by atoms with Crippen molar-refractivity contribution >= 4 is 22.7 Å². The maximum atomic E-state index is 11.3. The Kier molecular flexibility index (Phi) is 3.54. The summed E-state index contributed by atoms with van der Waals surface area (Å²) in [5.41, 5.74) is 2.61. The number of oxazole rings is 1. The summed E-state index contributed by atoms with van der Waals surface area (Å²) in [5.74, 6) is -0.324. The van der Waals surface area contributed by atoms with Crippen LogP contribution in [0.5, 0.6) is 0 Å². The van der Waals surface area contributed by atoms with Gasteiger partial charge in [0, 0.05) is 13.6 Å². The van der Waals surface area contributed by atoms with Crippen molar-refractivity contribution in [2.45, 2.75) is 6.42 Å². The minimum absolute atomic E-state index is 0.324.